The van der Waals surface area contributed by atoms with E-state index in [0.717, 1.165) is 16.5 Å². The van der Waals surface area contributed by atoms with Gasteiger partial charge in [0.15, 0.2) is 0 Å². The van der Waals surface area contributed by atoms with Crippen LogP contribution in [0.25, 0.3) is 11.0 Å². The van der Waals surface area contributed by atoms with Gasteiger partial charge in [-0.1, -0.05) is 48.5 Å². The molecule has 0 saturated carbocycles. The number of hydrogen-bond acceptors (Lipinski definition) is 2. The van der Waals surface area contributed by atoms with Crippen molar-refractivity contribution in [3.05, 3.63) is 66.2 Å². The lowest BCUT2D eigenvalue weighted by atomic mass is 10.2. The van der Waals surface area contributed by atoms with Crippen LogP contribution in [0.3, 0.4) is 0 Å². The zero-order chi connectivity index (χ0) is 11.5. The summed E-state index contributed by atoms with van der Waals surface area (Å²) in [6, 6.07) is 19.8. The highest BCUT2D eigenvalue weighted by Gasteiger charge is 2.03. The van der Waals surface area contributed by atoms with Crippen molar-refractivity contribution < 1.29 is 9.15 Å². The maximum absolute atomic E-state index is 5.61. The van der Waals surface area contributed by atoms with Crippen LogP contribution >= 0.6 is 0 Å². The lowest BCUT2D eigenvalue weighted by molar-refractivity contribution is 0.239. The molecule has 0 atom stereocenters. The van der Waals surface area contributed by atoms with E-state index in [1.165, 1.54) is 0 Å². The summed E-state index contributed by atoms with van der Waals surface area (Å²) in [6.07, 6.45) is 0. The molecule has 17 heavy (non-hydrogen) atoms. The molecule has 2 nitrogen and oxygen atoms in total. The van der Waals surface area contributed by atoms with E-state index < -0.39 is 0 Å². The van der Waals surface area contributed by atoms with Crippen LogP contribution in [0.1, 0.15) is 5.56 Å². The summed E-state index contributed by atoms with van der Waals surface area (Å²) < 4.78 is 11.2. The van der Waals surface area contributed by atoms with Gasteiger partial charge in [0.25, 0.3) is 5.95 Å². The molecule has 0 aliphatic rings. The second-order valence-corrected chi connectivity index (χ2v) is 3.88. The molecule has 0 unspecified atom stereocenters. The first-order valence-electron chi connectivity index (χ1n) is 5.57. The minimum absolute atomic E-state index is 0.528. The van der Waals surface area contributed by atoms with Crippen LogP contribution in [0, 0.1) is 0 Å². The van der Waals surface area contributed by atoms with Crippen LogP contribution in [0.4, 0.5) is 0 Å². The lowest BCUT2D eigenvalue weighted by Crippen LogP contribution is -1.93. The summed E-state index contributed by atoms with van der Waals surface area (Å²) >= 11 is 0. The standard InChI is InChI=1S/C15H12O2/c1-2-6-12(7-3-1)11-16-15-10-13-8-4-5-9-14(13)17-15/h1-10H,11H2. The minimum atomic E-state index is 0.528. The normalized spacial score (nSPS) is 10.6. The summed E-state index contributed by atoms with van der Waals surface area (Å²) in [5.74, 6) is 0.565. The first-order valence-corrected chi connectivity index (χ1v) is 5.57. The third kappa shape index (κ3) is 2.16. The van der Waals surface area contributed by atoms with E-state index in [2.05, 4.69) is 0 Å². The molecule has 84 valence electrons. The number of hydrogen-bond donors (Lipinski definition) is 0. The largest absolute Gasteiger partial charge is 0.460 e. The SMILES string of the molecule is c1ccc(COc2cc3ccccc3o2)cc1. The molecular formula is C15H12O2. The van der Waals surface area contributed by atoms with Gasteiger partial charge in [0, 0.05) is 11.5 Å². The number of fused-ring (bicyclic) bond motifs is 1. The van der Waals surface area contributed by atoms with Crippen molar-refractivity contribution in [3.8, 4) is 5.95 Å². The molecule has 0 radical (unpaired) electrons. The Labute approximate surface area is 99.4 Å². The summed E-state index contributed by atoms with van der Waals surface area (Å²) in [5, 5.41) is 1.07. The van der Waals surface area contributed by atoms with E-state index >= 15 is 0 Å². The molecule has 0 N–H and O–H groups in total. The van der Waals surface area contributed by atoms with Crippen molar-refractivity contribution in [3.63, 3.8) is 0 Å². The van der Waals surface area contributed by atoms with E-state index in [9.17, 15) is 0 Å². The van der Waals surface area contributed by atoms with E-state index in [0.29, 0.717) is 12.6 Å². The van der Waals surface area contributed by atoms with Crippen LogP contribution in [0.5, 0.6) is 5.95 Å². The summed E-state index contributed by atoms with van der Waals surface area (Å²) in [7, 11) is 0. The van der Waals surface area contributed by atoms with Gasteiger partial charge in [0.2, 0.25) is 0 Å². The fraction of sp³-hybridized carbons (Fsp3) is 0.0667. The van der Waals surface area contributed by atoms with Crippen molar-refractivity contribution in [1.82, 2.24) is 0 Å². The monoisotopic (exact) mass is 224 g/mol. The Morgan fingerprint density at radius 1 is 0.882 bits per heavy atom. The molecule has 1 aromatic heterocycles. The smallest absolute Gasteiger partial charge is 0.285 e. The van der Waals surface area contributed by atoms with Crippen molar-refractivity contribution in [2.45, 2.75) is 6.61 Å². The van der Waals surface area contributed by atoms with Crippen LogP contribution in [0.15, 0.2) is 65.1 Å². The molecule has 0 spiro atoms. The average molecular weight is 224 g/mol. The second kappa shape index (κ2) is 4.34. The predicted octanol–water partition coefficient (Wildman–Crippen LogP) is 4.01. The van der Waals surface area contributed by atoms with Crippen LogP contribution in [-0.2, 0) is 6.61 Å². The van der Waals surface area contributed by atoms with Crippen molar-refractivity contribution >= 4 is 11.0 Å². The Morgan fingerprint density at radius 3 is 2.47 bits per heavy atom. The van der Waals surface area contributed by atoms with Crippen molar-refractivity contribution in [2.24, 2.45) is 0 Å². The van der Waals surface area contributed by atoms with Gasteiger partial charge in [0.1, 0.15) is 12.2 Å². The van der Waals surface area contributed by atoms with Gasteiger partial charge < -0.3 is 9.15 Å². The first-order chi connectivity index (χ1) is 8.42. The number of benzene rings is 2. The molecule has 0 aliphatic carbocycles. The van der Waals surface area contributed by atoms with Gasteiger partial charge in [-0.15, -0.1) is 0 Å². The summed E-state index contributed by atoms with van der Waals surface area (Å²) in [5.41, 5.74) is 1.99. The van der Waals surface area contributed by atoms with Gasteiger partial charge >= 0.3 is 0 Å². The number of para-hydroxylation sites is 1. The van der Waals surface area contributed by atoms with Crippen LogP contribution < -0.4 is 4.74 Å². The third-order valence-electron chi connectivity index (χ3n) is 2.63. The van der Waals surface area contributed by atoms with E-state index in [1.54, 1.807) is 0 Å². The molecule has 3 rings (SSSR count). The molecule has 0 bridgehead atoms. The van der Waals surface area contributed by atoms with Gasteiger partial charge in [-0.2, -0.15) is 0 Å². The minimum Gasteiger partial charge on any atom is -0.460 e. The zero-order valence-electron chi connectivity index (χ0n) is 9.30. The first kappa shape index (κ1) is 9.97. The molecule has 2 aromatic carbocycles. The third-order valence-corrected chi connectivity index (χ3v) is 2.63. The molecule has 0 fully saturated rings. The Balaban J connectivity index is 1.77. The fourth-order valence-electron chi connectivity index (χ4n) is 1.76. The van der Waals surface area contributed by atoms with Gasteiger partial charge in [0.05, 0.1) is 0 Å². The van der Waals surface area contributed by atoms with Gasteiger partial charge in [-0.25, -0.2) is 0 Å². The highest BCUT2D eigenvalue weighted by Crippen LogP contribution is 2.24. The Bertz CT molecular complexity index is 578. The number of furan rings is 1. The topological polar surface area (TPSA) is 22.4 Å². The molecule has 0 amide bonds. The van der Waals surface area contributed by atoms with E-state index in [4.69, 9.17) is 9.15 Å². The molecule has 1 heterocycles. The molecular weight excluding hydrogens is 212 g/mol. The van der Waals surface area contributed by atoms with E-state index in [1.807, 2.05) is 60.7 Å². The molecule has 3 aromatic rings. The second-order valence-electron chi connectivity index (χ2n) is 3.88. The zero-order valence-corrected chi connectivity index (χ0v) is 9.30. The van der Waals surface area contributed by atoms with Crippen molar-refractivity contribution in [1.29, 1.82) is 0 Å². The Morgan fingerprint density at radius 2 is 1.65 bits per heavy atom. The lowest BCUT2D eigenvalue weighted by Gasteiger charge is -2.01. The maximum Gasteiger partial charge on any atom is 0.285 e. The van der Waals surface area contributed by atoms with Crippen LogP contribution in [0.2, 0.25) is 0 Å². The fourth-order valence-corrected chi connectivity index (χ4v) is 1.76. The van der Waals surface area contributed by atoms with Crippen molar-refractivity contribution in [2.75, 3.05) is 0 Å². The number of rotatable bonds is 3. The predicted molar refractivity (Wildman–Crippen MR) is 67.0 cm³/mol. The maximum atomic E-state index is 5.61. The van der Waals surface area contributed by atoms with Gasteiger partial charge in [-0.3, -0.25) is 0 Å². The average Bonchev–Trinajstić information content (AvgIpc) is 2.80. The number of ether oxygens (including phenoxy) is 1. The van der Waals surface area contributed by atoms with E-state index in [-0.39, 0.29) is 0 Å². The summed E-state index contributed by atoms with van der Waals surface area (Å²) in [4.78, 5) is 0. The van der Waals surface area contributed by atoms with Crippen LogP contribution in [-0.4, -0.2) is 0 Å². The Kier molecular flexibility index (Phi) is 2.54. The summed E-state index contributed by atoms with van der Waals surface area (Å²) in [6.45, 7) is 0.528. The molecule has 0 saturated heterocycles. The quantitative estimate of drug-likeness (QED) is 0.670. The molecule has 0 aliphatic heterocycles. The Hall–Kier alpha value is -2.22. The highest BCUT2D eigenvalue weighted by atomic mass is 16.6. The molecule has 2 heteroatoms. The van der Waals surface area contributed by atoms with Gasteiger partial charge in [-0.05, 0) is 11.6 Å². The highest BCUT2D eigenvalue weighted by molar-refractivity contribution is 5.78.